The van der Waals surface area contributed by atoms with Gasteiger partial charge < -0.3 is 50.3 Å². The maximum absolute atomic E-state index is 13.3. The first kappa shape index (κ1) is 35.7. The van der Waals surface area contributed by atoms with E-state index >= 15 is 0 Å². The molecule has 0 aromatic rings. The lowest BCUT2D eigenvalue weighted by atomic mass is 9.31. The van der Waals surface area contributed by atoms with E-state index in [0.29, 0.717) is 38.5 Å². The molecule has 15 unspecified atom stereocenters. The average Bonchev–Trinajstić information content (AvgIpc) is 2.97. The zero-order valence-electron chi connectivity index (χ0n) is 29.0. The first-order valence-electron chi connectivity index (χ1n) is 17.6. The topological polar surface area (TPSA) is 197 Å². The van der Waals surface area contributed by atoms with Gasteiger partial charge >= 0.3 is 5.97 Å². The SMILES string of the molecule is CC1(C)CC(O)C2(C(=O)O)CCC3(C)C(=CCC4(O)C5(C)C(O)CC(OC6OC(CO)C(O)C(O)C6O)C(C)(C)C5CCC34C)C2C1. The minimum atomic E-state index is -1.58. The van der Waals surface area contributed by atoms with E-state index in [1.54, 1.807) is 0 Å². The third-order valence-electron chi connectivity index (χ3n) is 15.5. The predicted octanol–water partition coefficient (Wildman–Crippen LogP) is 2.11. The first-order valence-corrected chi connectivity index (χ1v) is 17.6. The number of aliphatic carboxylic acids is 1. The molecule has 268 valence electrons. The number of carboxylic acid groups (broad SMARTS) is 1. The van der Waals surface area contributed by atoms with Gasteiger partial charge in [0, 0.05) is 17.3 Å². The molecule has 1 saturated heterocycles. The Morgan fingerprint density at radius 3 is 2.19 bits per heavy atom. The van der Waals surface area contributed by atoms with Gasteiger partial charge in [-0.25, -0.2) is 0 Å². The number of carboxylic acids is 1. The molecule has 1 heterocycles. The summed E-state index contributed by atoms with van der Waals surface area (Å²) < 4.78 is 12.0. The molecule has 0 aromatic heterocycles. The van der Waals surface area contributed by atoms with Gasteiger partial charge in [0.25, 0.3) is 0 Å². The molecule has 1 aliphatic heterocycles. The van der Waals surface area contributed by atoms with Crippen LogP contribution in [-0.2, 0) is 14.3 Å². The second kappa shape index (κ2) is 10.9. The molecule has 4 saturated carbocycles. The van der Waals surface area contributed by atoms with Gasteiger partial charge in [-0.15, -0.1) is 0 Å². The van der Waals surface area contributed by atoms with Gasteiger partial charge in [-0.05, 0) is 73.0 Å². The fourth-order valence-corrected chi connectivity index (χ4v) is 12.3. The van der Waals surface area contributed by atoms with E-state index in [9.17, 15) is 45.6 Å². The van der Waals surface area contributed by atoms with Crippen LogP contribution in [0.4, 0.5) is 0 Å². The molecule has 5 fully saturated rings. The second-order valence-corrected chi connectivity index (χ2v) is 18.1. The summed E-state index contributed by atoms with van der Waals surface area (Å²) >= 11 is 0. The van der Waals surface area contributed by atoms with E-state index in [4.69, 9.17) is 9.47 Å². The van der Waals surface area contributed by atoms with Crippen LogP contribution in [-0.4, -0.2) is 108 Å². The van der Waals surface area contributed by atoms with Crippen molar-refractivity contribution in [3.63, 3.8) is 0 Å². The van der Waals surface area contributed by atoms with Crippen molar-refractivity contribution < 1.29 is 55.1 Å². The minimum absolute atomic E-state index is 0.117. The number of allylic oxidation sites excluding steroid dienone is 1. The number of hydrogen-bond donors (Lipinski definition) is 8. The highest BCUT2D eigenvalue weighted by atomic mass is 16.7. The lowest BCUT2D eigenvalue weighted by Gasteiger charge is -2.75. The highest BCUT2D eigenvalue weighted by Gasteiger charge is 2.77. The van der Waals surface area contributed by atoms with Crippen LogP contribution < -0.4 is 0 Å². The number of hydrogen-bond acceptors (Lipinski definition) is 10. The van der Waals surface area contributed by atoms with Gasteiger partial charge in [0.15, 0.2) is 6.29 Å². The second-order valence-electron chi connectivity index (χ2n) is 18.1. The molecule has 0 radical (unpaired) electrons. The Balaban J connectivity index is 1.37. The number of rotatable bonds is 4. The van der Waals surface area contributed by atoms with Gasteiger partial charge in [0.1, 0.15) is 29.8 Å². The Kier molecular flexibility index (Phi) is 8.29. The summed E-state index contributed by atoms with van der Waals surface area (Å²) in [6, 6.07) is 0. The van der Waals surface area contributed by atoms with E-state index in [-0.39, 0.29) is 30.1 Å². The summed E-state index contributed by atoms with van der Waals surface area (Å²) in [6.07, 6.45) is -4.18. The van der Waals surface area contributed by atoms with Crippen molar-refractivity contribution in [1.82, 2.24) is 0 Å². The maximum Gasteiger partial charge on any atom is 0.312 e. The lowest BCUT2D eigenvalue weighted by Crippen LogP contribution is -2.77. The van der Waals surface area contributed by atoms with Crippen molar-refractivity contribution in [2.75, 3.05) is 6.61 Å². The minimum Gasteiger partial charge on any atom is -0.481 e. The summed E-state index contributed by atoms with van der Waals surface area (Å²) in [6.45, 7) is 13.9. The largest absolute Gasteiger partial charge is 0.481 e. The number of fused-ring (bicyclic) bond motifs is 7. The Morgan fingerprint density at radius 1 is 0.915 bits per heavy atom. The molecule has 15 atom stereocenters. The van der Waals surface area contributed by atoms with Crippen molar-refractivity contribution >= 4 is 5.97 Å². The smallest absolute Gasteiger partial charge is 0.312 e. The van der Waals surface area contributed by atoms with Crippen LogP contribution in [0.5, 0.6) is 0 Å². The fraction of sp³-hybridized carbons (Fsp3) is 0.917. The van der Waals surface area contributed by atoms with E-state index in [1.165, 1.54) is 0 Å². The molecular weight excluding hydrogens is 608 g/mol. The van der Waals surface area contributed by atoms with E-state index < -0.39 is 94.3 Å². The zero-order valence-corrected chi connectivity index (χ0v) is 29.0. The molecule has 0 bridgehead atoms. The van der Waals surface area contributed by atoms with Crippen LogP contribution >= 0.6 is 0 Å². The van der Waals surface area contributed by atoms with Gasteiger partial charge in [-0.3, -0.25) is 4.79 Å². The molecule has 0 aromatic carbocycles. The number of aliphatic hydroxyl groups is 7. The Bertz CT molecular complexity index is 1300. The zero-order chi connectivity index (χ0) is 34.9. The molecule has 8 N–H and O–H groups in total. The predicted molar refractivity (Wildman–Crippen MR) is 170 cm³/mol. The van der Waals surface area contributed by atoms with Crippen LogP contribution in [0.2, 0.25) is 0 Å². The normalized spacial score (nSPS) is 55.1. The molecular formula is C36H58O11. The monoisotopic (exact) mass is 666 g/mol. The van der Waals surface area contributed by atoms with Gasteiger partial charge in [0.05, 0.1) is 30.5 Å². The maximum atomic E-state index is 13.3. The van der Waals surface area contributed by atoms with Crippen molar-refractivity contribution in [3.05, 3.63) is 11.6 Å². The summed E-state index contributed by atoms with van der Waals surface area (Å²) in [4.78, 5) is 13.0. The third-order valence-corrected chi connectivity index (χ3v) is 15.5. The van der Waals surface area contributed by atoms with Gasteiger partial charge in [0.2, 0.25) is 0 Å². The molecule has 0 spiro atoms. The van der Waals surface area contributed by atoms with Crippen molar-refractivity contribution in [2.45, 2.75) is 154 Å². The third kappa shape index (κ3) is 4.40. The summed E-state index contributed by atoms with van der Waals surface area (Å²) in [5.74, 6) is -1.55. The molecule has 5 aliphatic carbocycles. The first-order chi connectivity index (χ1) is 21.6. The van der Waals surface area contributed by atoms with Crippen LogP contribution in [0, 0.1) is 44.3 Å². The molecule has 47 heavy (non-hydrogen) atoms. The van der Waals surface area contributed by atoms with E-state index in [1.807, 2.05) is 20.8 Å². The fourth-order valence-electron chi connectivity index (χ4n) is 12.3. The summed E-state index contributed by atoms with van der Waals surface area (Å²) in [7, 11) is 0. The Labute approximate surface area is 278 Å². The highest BCUT2D eigenvalue weighted by molar-refractivity contribution is 5.77. The van der Waals surface area contributed by atoms with Crippen LogP contribution in [0.25, 0.3) is 0 Å². The molecule has 0 amide bonds. The molecule has 6 aliphatic rings. The Morgan fingerprint density at radius 2 is 1.57 bits per heavy atom. The number of aliphatic hydroxyl groups excluding tert-OH is 6. The highest BCUT2D eigenvalue weighted by Crippen LogP contribution is 2.77. The van der Waals surface area contributed by atoms with E-state index in [2.05, 4.69) is 33.8 Å². The quantitative estimate of drug-likeness (QED) is 0.162. The number of ether oxygens (including phenoxy) is 2. The van der Waals surface area contributed by atoms with E-state index in [0.717, 1.165) is 5.57 Å². The van der Waals surface area contributed by atoms with Crippen LogP contribution in [0.3, 0.4) is 0 Å². The summed E-state index contributed by atoms with van der Waals surface area (Å²) in [5, 5.41) is 88.5. The molecule has 11 heteroatoms. The van der Waals surface area contributed by atoms with Crippen LogP contribution in [0.1, 0.15) is 99.8 Å². The van der Waals surface area contributed by atoms with Crippen molar-refractivity contribution in [3.8, 4) is 0 Å². The van der Waals surface area contributed by atoms with Gasteiger partial charge in [-0.1, -0.05) is 60.1 Å². The molecule has 6 rings (SSSR count). The summed E-state index contributed by atoms with van der Waals surface area (Å²) in [5.41, 5.74) is -4.77. The van der Waals surface area contributed by atoms with Crippen molar-refractivity contribution in [1.29, 1.82) is 0 Å². The standard InChI is InChI=1S/C36H58O11/c1-30(2)15-19-18-8-11-36(45)33(6,32(18,5)12-13-35(19,29(43)44)23(39)16-30)10-9-21-31(3,4)24(14-22(38)34(21,36)7)47-28-27(42)26(41)25(40)20(17-37)46-28/h8,19-28,37-42,45H,9-17H2,1-7H3,(H,43,44). The van der Waals surface area contributed by atoms with Crippen LogP contribution in [0.15, 0.2) is 11.6 Å². The lowest BCUT2D eigenvalue weighted by molar-refractivity contribution is -0.353. The molecule has 11 nitrogen and oxygen atoms in total. The average molecular weight is 667 g/mol. The Hall–Kier alpha value is -1.15. The number of carbonyl (C=O) groups is 1. The van der Waals surface area contributed by atoms with Crippen molar-refractivity contribution in [2.24, 2.45) is 44.3 Å². The van der Waals surface area contributed by atoms with Gasteiger partial charge in [-0.2, -0.15) is 0 Å².